The van der Waals surface area contributed by atoms with Crippen LogP contribution in [0.2, 0.25) is 0 Å². The van der Waals surface area contributed by atoms with E-state index in [1.54, 1.807) is 19.1 Å². The van der Waals surface area contributed by atoms with Crippen molar-refractivity contribution in [3.63, 3.8) is 0 Å². The summed E-state index contributed by atoms with van der Waals surface area (Å²) < 4.78 is 32.1. The van der Waals surface area contributed by atoms with Crippen molar-refractivity contribution in [2.75, 3.05) is 0 Å². The summed E-state index contributed by atoms with van der Waals surface area (Å²) in [5.41, 5.74) is 6.82. The van der Waals surface area contributed by atoms with Crippen LogP contribution in [0.25, 0.3) is 0 Å². The number of aryl methyl sites for hydroxylation is 1. The minimum atomic E-state index is -0.512. The van der Waals surface area contributed by atoms with E-state index in [2.05, 4.69) is 0 Å². The molecule has 0 saturated heterocycles. The Hall–Kier alpha value is -1.94. The molecule has 2 N–H and O–H groups in total. The third-order valence-electron chi connectivity index (χ3n) is 2.60. The molecule has 2 nitrogen and oxygen atoms in total. The van der Waals surface area contributed by atoms with E-state index in [1.165, 1.54) is 24.3 Å². The van der Waals surface area contributed by atoms with E-state index < -0.39 is 11.6 Å². The molecule has 0 unspecified atom stereocenters. The van der Waals surface area contributed by atoms with Crippen LogP contribution >= 0.6 is 0 Å². The van der Waals surface area contributed by atoms with Crippen molar-refractivity contribution >= 4 is 0 Å². The molecule has 0 bridgehead atoms. The highest BCUT2D eigenvalue weighted by Gasteiger charge is 2.08. The van der Waals surface area contributed by atoms with E-state index in [-0.39, 0.29) is 12.3 Å². The second-order valence-electron chi connectivity index (χ2n) is 3.98. The first-order chi connectivity index (χ1) is 8.60. The molecule has 0 aliphatic heterocycles. The lowest BCUT2D eigenvalue weighted by atomic mass is 10.2. The van der Waals surface area contributed by atoms with Crippen LogP contribution in [0.1, 0.15) is 11.1 Å². The molecule has 0 aliphatic carbocycles. The summed E-state index contributed by atoms with van der Waals surface area (Å²) in [5.74, 6) is -0.577. The van der Waals surface area contributed by atoms with E-state index in [0.717, 1.165) is 5.56 Å². The zero-order valence-electron chi connectivity index (χ0n) is 9.91. The molecule has 18 heavy (non-hydrogen) atoms. The van der Waals surface area contributed by atoms with Crippen molar-refractivity contribution in [2.45, 2.75) is 13.5 Å². The molecule has 0 fully saturated rings. The van der Waals surface area contributed by atoms with Gasteiger partial charge < -0.3 is 10.5 Å². The average molecular weight is 249 g/mol. The van der Waals surface area contributed by atoms with Crippen molar-refractivity contribution in [1.29, 1.82) is 0 Å². The predicted octanol–water partition coefficient (Wildman–Crippen LogP) is 3.52. The van der Waals surface area contributed by atoms with Gasteiger partial charge in [-0.25, -0.2) is 8.78 Å². The number of nitrogens with two attached hydrogens (primary N) is 1. The maximum atomic E-state index is 13.7. The highest BCUT2D eigenvalue weighted by molar-refractivity contribution is 5.38. The normalized spacial score (nSPS) is 10.4. The molecule has 0 saturated carbocycles. The summed E-state index contributed by atoms with van der Waals surface area (Å²) in [6.07, 6.45) is 0. The molecule has 0 amide bonds. The van der Waals surface area contributed by atoms with Crippen molar-refractivity contribution < 1.29 is 13.5 Å². The fraction of sp³-hybridized carbons (Fsp3) is 0.143. The lowest BCUT2D eigenvalue weighted by Gasteiger charge is -2.10. The fourth-order valence-corrected chi connectivity index (χ4v) is 1.56. The lowest BCUT2D eigenvalue weighted by molar-refractivity contribution is 0.435. The molecular weight excluding hydrogens is 236 g/mol. The Morgan fingerprint density at radius 2 is 1.83 bits per heavy atom. The minimum Gasteiger partial charge on any atom is -0.454 e. The largest absolute Gasteiger partial charge is 0.454 e. The van der Waals surface area contributed by atoms with E-state index >= 15 is 0 Å². The van der Waals surface area contributed by atoms with Crippen molar-refractivity contribution in [3.05, 3.63) is 59.2 Å². The average Bonchev–Trinajstić information content (AvgIpc) is 2.36. The van der Waals surface area contributed by atoms with Crippen LogP contribution in [0.15, 0.2) is 36.4 Å². The van der Waals surface area contributed by atoms with Crippen LogP contribution in [-0.4, -0.2) is 0 Å². The highest BCUT2D eigenvalue weighted by Crippen LogP contribution is 2.28. The first kappa shape index (κ1) is 12.5. The van der Waals surface area contributed by atoms with Crippen molar-refractivity contribution in [1.82, 2.24) is 0 Å². The Labute approximate surface area is 104 Å². The maximum absolute atomic E-state index is 13.7. The summed E-state index contributed by atoms with van der Waals surface area (Å²) in [5, 5.41) is 0. The zero-order chi connectivity index (χ0) is 13.1. The summed E-state index contributed by atoms with van der Waals surface area (Å²) in [6, 6.07) is 8.61. The van der Waals surface area contributed by atoms with Crippen LogP contribution in [0.5, 0.6) is 11.5 Å². The molecule has 94 valence electrons. The summed E-state index contributed by atoms with van der Waals surface area (Å²) in [7, 11) is 0. The number of ether oxygens (including phenoxy) is 1. The van der Waals surface area contributed by atoms with Gasteiger partial charge in [0, 0.05) is 12.6 Å². The number of rotatable bonds is 3. The molecule has 0 radical (unpaired) electrons. The van der Waals surface area contributed by atoms with Crippen LogP contribution in [0.4, 0.5) is 8.78 Å². The number of hydrogen-bond donors (Lipinski definition) is 1. The van der Waals surface area contributed by atoms with E-state index in [1.807, 2.05) is 0 Å². The van der Waals surface area contributed by atoms with Crippen molar-refractivity contribution in [2.24, 2.45) is 5.73 Å². The first-order valence-electron chi connectivity index (χ1n) is 5.52. The molecule has 0 aromatic heterocycles. The number of hydrogen-bond acceptors (Lipinski definition) is 2. The van der Waals surface area contributed by atoms with Gasteiger partial charge in [-0.1, -0.05) is 12.1 Å². The molecule has 0 spiro atoms. The van der Waals surface area contributed by atoms with E-state index in [0.29, 0.717) is 11.3 Å². The van der Waals surface area contributed by atoms with Crippen LogP contribution in [0, 0.1) is 18.6 Å². The van der Waals surface area contributed by atoms with E-state index in [4.69, 9.17) is 10.5 Å². The van der Waals surface area contributed by atoms with Gasteiger partial charge in [0.1, 0.15) is 11.6 Å². The standard InChI is InChI=1S/C14H13F2NO/c1-9-2-4-11(15)7-14(9)18-13-5-3-10(8-17)6-12(13)16/h2-7H,8,17H2,1H3. The Bertz CT molecular complexity index is 570. The van der Waals surface area contributed by atoms with Gasteiger partial charge in [0.25, 0.3) is 0 Å². The monoisotopic (exact) mass is 249 g/mol. The smallest absolute Gasteiger partial charge is 0.166 e. The van der Waals surface area contributed by atoms with E-state index in [9.17, 15) is 8.78 Å². The van der Waals surface area contributed by atoms with Crippen LogP contribution in [-0.2, 0) is 6.54 Å². The van der Waals surface area contributed by atoms with Crippen molar-refractivity contribution in [3.8, 4) is 11.5 Å². The molecule has 0 heterocycles. The molecular formula is C14H13F2NO. The van der Waals surface area contributed by atoms with Gasteiger partial charge in [0.15, 0.2) is 11.6 Å². The Balaban J connectivity index is 2.31. The molecule has 2 aromatic rings. The van der Waals surface area contributed by atoms with Gasteiger partial charge >= 0.3 is 0 Å². The zero-order valence-corrected chi connectivity index (χ0v) is 9.91. The molecule has 4 heteroatoms. The quantitative estimate of drug-likeness (QED) is 0.903. The van der Waals surface area contributed by atoms with Gasteiger partial charge in [-0.05, 0) is 36.2 Å². The predicted molar refractivity (Wildman–Crippen MR) is 65.5 cm³/mol. The molecule has 2 aromatic carbocycles. The fourth-order valence-electron chi connectivity index (χ4n) is 1.56. The second kappa shape index (κ2) is 5.14. The second-order valence-corrected chi connectivity index (χ2v) is 3.98. The Morgan fingerprint density at radius 3 is 2.50 bits per heavy atom. The third kappa shape index (κ3) is 2.65. The summed E-state index contributed by atoms with van der Waals surface area (Å²) in [6.45, 7) is 2.02. The molecule has 0 atom stereocenters. The topological polar surface area (TPSA) is 35.2 Å². The Kier molecular flexibility index (Phi) is 3.58. The maximum Gasteiger partial charge on any atom is 0.166 e. The minimum absolute atomic E-state index is 0.0564. The van der Waals surface area contributed by atoms with Gasteiger partial charge in [-0.15, -0.1) is 0 Å². The first-order valence-corrected chi connectivity index (χ1v) is 5.52. The summed E-state index contributed by atoms with van der Waals surface area (Å²) in [4.78, 5) is 0. The molecule has 0 aliphatic rings. The third-order valence-corrected chi connectivity index (χ3v) is 2.60. The highest BCUT2D eigenvalue weighted by atomic mass is 19.1. The Morgan fingerprint density at radius 1 is 1.06 bits per heavy atom. The number of benzene rings is 2. The molecule has 2 rings (SSSR count). The SMILES string of the molecule is Cc1ccc(F)cc1Oc1ccc(CN)cc1F. The van der Waals surface area contributed by atoms with Crippen LogP contribution in [0.3, 0.4) is 0 Å². The van der Waals surface area contributed by atoms with Gasteiger partial charge in [0.05, 0.1) is 0 Å². The van der Waals surface area contributed by atoms with Crippen LogP contribution < -0.4 is 10.5 Å². The lowest BCUT2D eigenvalue weighted by Crippen LogP contribution is -1.98. The van der Waals surface area contributed by atoms with Gasteiger partial charge in [-0.2, -0.15) is 0 Å². The van der Waals surface area contributed by atoms with Gasteiger partial charge in [0.2, 0.25) is 0 Å². The van der Waals surface area contributed by atoms with Gasteiger partial charge in [-0.3, -0.25) is 0 Å². The number of halogens is 2. The summed E-state index contributed by atoms with van der Waals surface area (Å²) >= 11 is 0.